The molecule has 0 bridgehead atoms. The van der Waals surface area contributed by atoms with Gasteiger partial charge in [0.25, 0.3) is 0 Å². The summed E-state index contributed by atoms with van der Waals surface area (Å²) in [4.78, 5) is 5.88. The van der Waals surface area contributed by atoms with Crippen LogP contribution in [0.1, 0.15) is 18.1 Å². The molecule has 0 unspecified atom stereocenters. The van der Waals surface area contributed by atoms with E-state index in [9.17, 15) is 24.1 Å². The maximum absolute atomic E-state index is 13.4. The van der Waals surface area contributed by atoms with Crippen LogP contribution in [0, 0.1) is 17.6 Å². The summed E-state index contributed by atoms with van der Waals surface area (Å²) in [5.74, 6) is -2.32. The third-order valence-electron chi connectivity index (χ3n) is 5.02. The molecule has 2 aromatic rings. The van der Waals surface area contributed by atoms with Gasteiger partial charge in [0.05, 0.1) is 18.2 Å². The van der Waals surface area contributed by atoms with Crippen molar-refractivity contribution in [3.63, 3.8) is 0 Å². The van der Waals surface area contributed by atoms with E-state index in [4.69, 9.17) is 5.73 Å². The van der Waals surface area contributed by atoms with E-state index in [2.05, 4.69) is 4.98 Å². The molecule has 1 saturated carbocycles. The number of nitrogen functional groups attached to an aromatic ring is 1. The van der Waals surface area contributed by atoms with E-state index in [1.54, 1.807) is 24.1 Å². The molecule has 1 aliphatic rings. The minimum Gasteiger partial charge on any atom is -0.399 e. The van der Waals surface area contributed by atoms with Crippen molar-refractivity contribution < 1.29 is 24.1 Å². The van der Waals surface area contributed by atoms with Crippen LogP contribution in [0.4, 0.5) is 20.3 Å². The van der Waals surface area contributed by atoms with Gasteiger partial charge in [-0.3, -0.25) is 0 Å². The first-order valence-corrected chi connectivity index (χ1v) is 8.23. The zero-order valence-corrected chi connectivity index (χ0v) is 14.1. The van der Waals surface area contributed by atoms with Crippen molar-refractivity contribution in [2.24, 2.45) is 5.92 Å². The minimum atomic E-state index is -1.25. The monoisotopic (exact) mass is 365 g/mol. The Morgan fingerprint density at radius 3 is 2.54 bits per heavy atom. The highest BCUT2D eigenvalue weighted by molar-refractivity contribution is 5.50. The lowest BCUT2D eigenvalue weighted by atomic mass is 9.92. The number of likely N-dealkylation sites (N-methyl/N-ethyl adjacent to an activating group) is 1. The average Bonchev–Trinajstić information content (AvgIpc) is 2.91. The topological polar surface area (TPSA) is 103 Å². The fourth-order valence-corrected chi connectivity index (χ4v) is 3.48. The molecule has 0 spiro atoms. The van der Waals surface area contributed by atoms with Crippen LogP contribution < -0.4 is 10.6 Å². The van der Waals surface area contributed by atoms with Crippen molar-refractivity contribution >= 4 is 11.5 Å². The molecule has 0 aliphatic heterocycles. The predicted octanol–water partition coefficient (Wildman–Crippen LogP) is 1.22. The van der Waals surface area contributed by atoms with Gasteiger partial charge in [-0.25, -0.2) is 13.8 Å². The number of halogens is 2. The molecule has 26 heavy (non-hydrogen) atoms. The largest absolute Gasteiger partial charge is 0.399 e. The Morgan fingerprint density at radius 1 is 1.15 bits per heavy atom. The third kappa shape index (κ3) is 3.35. The lowest BCUT2D eigenvalue weighted by Gasteiger charge is -2.28. The number of aromatic nitrogens is 1. The number of anilines is 2. The van der Waals surface area contributed by atoms with Crippen LogP contribution >= 0.6 is 0 Å². The highest BCUT2D eigenvalue weighted by Gasteiger charge is 2.46. The van der Waals surface area contributed by atoms with E-state index in [0.29, 0.717) is 11.5 Å². The van der Waals surface area contributed by atoms with Crippen LogP contribution in [0.25, 0.3) is 0 Å². The molecule has 8 heteroatoms. The molecule has 5 N–H and O–H groups in total. The molecule has 0 amide bonds. The number of nitrogens with zero attached hydrogens (tertiary/aromatic N) is 2. The number of benzene rings is 1. The fraction of sp³-hybridized carbons (Fsp3) is 0.389. The quantitative estimate of drug-likeness (QED) is 0.650. The van der Waals surface area contributed by atoms with Gasteiger partial charge in [-0.1, -0.05) is 6.07 Å². The Hall–Kier alpha value is -2.29. The summed E-state index contributed by atoms with van der Waals surface area (Å²) >= 11 is 0. The number of pyridine rings is 1. The Labute approximate surface area is 149 Å². The van der Waals surface area contributed by atoms with Crippen molar-refractivity contribution in [2.45, 2.75) is 30.8 Å². The van der Waals surface area contributed by atoms with Crippen LogP contribution in [0.5, 0.6) is 0 Å². The molecule has 140 valence electrons. The maximum atomic E-state index is 13.4. The van der Waals surface area contributed by atoms with Crippen molar-refractivity contribution in [1.82, 2.24) is 4.98 Å². The Morgan fingerprint density at radius 2 is 1.88 bits per heavy atom. The molecule has 1 aromatic heterocycles. The molecular formula is C18H21F2N3O3. The SMILES string of the molecule is CN(c1cc(N)ccn1)[C@@H]1C[C@H]([C@H](O)c2ccc(F)c(F)c2)[C@@H](O)[C@H]1O. The number of hydrogen-bond donors (Lipinski definition) is 4. The molecule has 5 atom stereocenters. The van der Waals surface area contributed by atoms with Gasteiger partial charge in [-0.05, 0) is 30.2 Å². The van der Waals surface area contributed by atoms with Crippen LogP contribution in [0.15, 0.2) is 36.5 Å². The van der Waals surface area contributed by atoms with Crippen LogP contribution in [-0.4, -0.2) is 45.6 Å². The first-order chi connectivity index (χ1) is 12.3. The van der Waals surface area contributed by atoms with E-state index in [1.807, 2.05) is 0 Å². The number of aliphatic hydroxyl groups excluding tert-OH is 3. The molecule has 0 saturated heterocycles. The van der Waals surface area contributed by atoms with Gasteiger partial charge in [0, 0.05) is 30.9 Å². The lowest BCUT2D eigenvalue weighted by Crippen LogP contribution is -2.41. The minimum absolute atomic E-state index is 0.144. The summed E-state index contributed by atoms with van der Waals surface area (Å²) in [5.41, 5.74) is 6.40. The smallest absolute Gasteiger partial charge is 0.159 e. The molecule has 3 rings (SSSR count). The van der Waals surface area contributed by atoms with Crippen molar-refractivity contribution in [1.29, 1.82) is 0 Å². The van der Waals surface area contributed by atoms with Crippen molar-refractivity contribution in [3.8, 4) is 0 Å². The molecule has 6 nitrogen and oxygen atoms in total. The standard InChI is InChI=1S/C18H21F2N3O3/c1-23(15-7-10(21)4-5-22-15)14-8-11(17(25)18(14)26)16(24)9-2-3-12(19)13(20)6-9/h2-7,11,14,16-18,24-26H,8H2,1H3,(H2,21,22)/t11-,14-,16-,17-,18+/m1/s1. The van der Waals surface area contributed by atoms with E-state index in [-0.39, 0.29) is 12.0 Å². The molecule has 0 radical (unpaired) electrons. The highest BCUT2D eigenvalue weighted by atomic mass is 19.2. The second-order valence-corrected chi connectivity index (χ2v) is 6.62. The molecule has 1 fully saturated rings. The van der Waals surface area contributed by atoms with E-state index >= 15 is 0 Å². The van der Waals surface area contributed by atoms with Crippen LogP contribution in [0.3, 0.4) is 0 Å². The van der Waals surface area contributed by atoms with Gasteiger partial charge in [-0.2, -0.15) is 0 Å². The van der Waals surface area contributed by atoms with E-state index in [0.717, 1.165) is 12.1 Å². The summed E-state index contributed by atoms with van der Waals surface area (Å²) < 4.78 is 26.5. The molecule has 1 aliphatic carbocycles. The van der Waals surface area contributed by atoms with Crippen LogP contribution in [-0.2, 0) is 0 Å². The first-order valence-electron chi connectivity index (χ1n) is 8.23. The van der Waals surface area contributed by atoms with Gasteiger partial charge < -0.3 is 26.0 Å². The van der Waals surface area contributed by atoms with Crippen molar-refractivity contribution in [3.05, 3.63) is 53.7 Å². The molecule has 1 aromatic carbocycles. The number of nitrogens with two attached hydrogens (primary N) is 1. The maximum Gasteiger partial charge on any atom is 0.159 e. The summed E-state index contributed by atoms with van der Waals surface area (Å²) in [6.45, 7) is 0. The molecule has 1 heterocycles. The van der Waals surface area contributed by atoms with Crippen molar-refractivity contribution in [2.75, 3.05) is 17.7 Å². The van der Waals surface area contributed by atoms with Gasteiger partial charge >= 0.3 is 0 Å². The lowest BCUT2D eigenvalue weighted by molar-refractivity contribution is -0.0232. The van der Waals surface area contributed by atoms with Gasteiger partial charge in [0.1, 0.15) is 11.9 Å². The van der Waals surface area contributed by atoms with E-state index in [1.165, 1.54) is 12.3 Å². The van der Waals surface area contributed by atoms with E-state index < -0.39 is 41.9 Å². The Kier molecular flexibility index (Phi) is 5.08. The number of rotatable bonds is 4. The zero-order chi connectivity index (χ0) is 19.0. The number of hydrogen-bond acceptors (Lipinski definition) is 6. The summed E-state index contributed by atoms with van der Waals surface area (Å²) in [6.07, 6.45) is -1.86. The van der Waals surface area contributed by atoms with Gasteiger partial charge in [0.2, 0.25) is 0 Å². The Balaban J connectivity index is 1.81. The summed E-state index contributed by atoms with van der Waals surface area (Å²) in [5, 5.41) is 31.3. The average molecular weight is 365 g/mol. The highest BCUT2D eigenvalue weighted by Crippen LogP contribution is 2.39. The second-order valence-electron chi connectivity index (χ2n) is 6.62. The molecular weight excluding hydrogens is 344 g/mol. The van der Waals surface area contributed by atoms with Gasteiger partial charge in [-0.15, -0.1) is 0 Å². The van der Waals surface area contributed by atoms with Gasteiger partial charge in [0.15, 0.2) is 11.6 Å². The predicted molar refractivity (Wildman–Crippen MR) is 92.3 cm³/mol. The normalized spacial score (nSPS) is 26.7. The first kappa shape index (κ1) is 18.5. The van der Waals surface area contributed by atoms with Crippen LogP contribution in [0.2, 0.25) is 0 Å². The Bertz CT molecular complexity index is 792. The summed E-state index contributed by atoms with van der Waals surface area (Å²) in [6, 6.07) is 5.83. The second kappa shape index (κ2) is 7.14. The summed E-state index contributed by atoms with van der Waals surface area (Å²) in [7, 11) is 1.70. The zero-order valence-electron chi connectivity index (χ0n) is 14.1. The third-order valence-corrected chi connectivity index (χ3v) is 5.02. The number of aliphatic hydroxyl groups is 3. The fourth-order valence-electron chi connectivity index (χ4n) is 3.48.